The topological polar surface area (TPSA) is 0 Å². The molecule has 0 N–H and O–H groups in total. The maximum absolute atomic E-state index is 2.69. The molecule has 0 unspecified atom stereocenters. The third-order valence-corrected chi connectivity index (χ3v) is 1.84. The smallest absolute Gasteiger partial charge is 1.00 e. The fourth-order valence-corrected chi connectivity index (χ4v) is 0.794. The summed E-state index contributed by atoms with van der Waals surface area (Å²) in [6, 6.07) is 8.26. The SMILES string of the molecule is Cc1cccc[c]1[Al+2].[I-].[I-]. The molecule has 0 nitrogen and oxygen atoms in total. The van der Waals surface area contributed by atoms with Crippen LogP contribution in [0.3, 0.4) is 0 Å². The second-order valence-electron chi connectivity index (χ2n) is 1.86. The van der Waals surface area contributed by atoms with Crippen molar-refractivity contribution >= 4 is 20.7 Å². The number of hydrogen-bond donors (Lipinski definition) is 0. The predicted molar refractivity (Wildman–Crippen MR) is 36.6 cm³/mol. The number of halogens is 2. The van der Waals surface area contributed by atoms with Crippen molar-refractivity contribution in [2.75, 3.05) is 0 Å². The van der Waals surface area contributed by atoms with Crippen LogP contribution in [0.5, 0.6) is 0 Å². The van der Waals surface area contributed by atoms with Crippen LogP contribution in [0.1, 0.15) is 5.56 Å². The molecule has 3 heteroatoms. The quantitative estimate of drug-likeness (QED) is 0.316. The summed E-state index contributed by atoms with van der Waals surface area (Å²) in [4.78, 5) is 0. The fraction of sp³-hybridized carbons (Fsp3) is 0.143. The fourth-order valence-electron chi connectivity index (χ4n) is 0.587. The molecule has 1 rings (SSSR count). The van der Waals surface area contributed by atoms with Crippen LogP contribution in [0.25, 0.3) is 0 Å². The molecule has 0 saturated heterocycles. The van der Waals surface area contributed by atoms with E-state index in [2.05, 4.69) is 35.3 Å². The van der Waals surface area contributed by atoms with Gasteiger partial charge in [-0.15, -0.1) is 0 Å². The molecule has 0 saturated carbocycles. The molecular formula is C7H7AlI2. The van der Waals surface area contributed by atoms with Crippen LogP contribution in [0.4, 0.5) is 0 Å². The molecular weight excluding hydrogens is 365 g/mol. The molecule has 0 heterocycles. The minimum atomic E-state index is 0. The molecule has 0 bridgehead atoms. The Kier molecular flexibility index (Phi) is 9.50. The zero-order valence-electron chi connectivity index (χ0n) is 5.64. The average molecular weight is 372 g/mol. The Balaban J connectivity index is 0. The molecule has 0 radical (unpaired) electrons. The molecule has 1 aromatic rings. The molecule has 0 aromatic heterocycles. The second kappa shape index (κ2) is 6.89. The maximum Gasteiger partial charge on any atom is -1.00 e. The van der Waals surface area contributed by atoms with Crippen molar-refractivity contribution in [1.29, 1.82) is 0 Å². The van der Waals surface area contributed by atoms with Crippen molar-refractivity contribution in [1.82, 2.24) is 0 Å². The van der Waals surface area contributed by atoms with Crippen molar-refractivity contribution in [3.05, 3.63) is 29.8 Å². The van der Waals surface area contributed by atoms with E-state index in [0.717, 1.165) is 0 Å². The Hall–Kier alpha value is 1.21. The Morgan fingerprint density at radius 1 is 1.10 bits per heavy atom. The van der Waals surface area contributed by atoms with Crippen molar-refractivity contribution in [2.45, 2.75) is 6.92 Å². The van der Waals surface area contributed by atoms with E-state index in [-0.39, 0.29) is 48.0 Å². The van der Waals surface area contributed by atoms with Gasteiger partial charge in [-0.05, 0) is 0 Å². The molecule has 1 aromatic carbocycles. The summed E-state index contributed by atoms with van der Waals surface area (Å²) < 4.78 is 1.28. The van der Waals surface area contributed by atoms with Gasteiger partial charge < -0.3 is 48.0 Å². The van der Waals surface area contributed by atoms with Gasteiger partial charge in [0.05, 0.1) is 0 Å². The molecule has 0 fully saturated rings. The van der Waals surface area contributed by atoms with Gasteiger partial charge in [0, 0.05) is 0 Å². The number of benzene rings is 1. The van der Waals surface area contributed by atoms with Gasteiger partial charge in [-0.1, -0.05) is 0 Å². The van der Waals surface area contributed by atoms with Crippen LogP contribution in [-0.4, -0.2) is 16.3 Å². The minimum absolute atomic E-state index is 0. The van der Waals surface area contributed by atoms with Crippen molar-refractivity contribution in [3.8, 4) is 0 Å². The van der Waals surface area contributed by atoms with Gasteiger partial charge in [0.25, 0.3) is 0 Å². The molecule has 0 spiro atoms. The first-order valence-electron chi connectivity index (χ1n) is 2.62. The summed E-state index contributed by atoms with van der Waals surface area (Å²) >= 11 is 2.69. The van der Waals surface area contributed by atoms with Gasteiger partial charge in [0.1, 0.15) is 0 Å². The second-order valence-corrected chi connectivity index (χ2v) is 2.48. The summed E-state index contributed by atoms with van der Waals surface area (Å²) in [6.45, 7) is 2.10. The maximum atomic E-state index is 2.69. The molecule has 52 valence electrons. The van der Waals surface area contributed by atoms with Gasteiger partial charge in [0.15, 0.2) is 0 Å². The van der Waals surface area contributed by atoms with Crippen LogP contribution in [-0.2, 0) is 0 Å². The summed E-state index contributed by atoms with van der Waals surface area (Å²) in [5.41, 5.74) is 1.33. The largest absolute Gasteiger partial charge is 1.00 e. The summed E-state index contributed by atoms with van der Waals surface area (Å²) in [7, 11) is 0. The van der Waals surface area contributed by atoms with E-state index in [1.807, 2.05) is 12.1 Å². The zero-order valence-corrected chi connectivity index (χ0v) is 11.1. The third-order valence-electron chi connectivity index (χ3n) is 1.19. The summed E-state index contributed by atoms with van der Waals surface area (Å²) in [5.74, 6) is 0. The molecule has 10 heavy (non-hydrogen) atoms. The monoisotopic (exact) mass is 372 g/mol. The van der Waals surface area contributed by atoms with Gasteiger partial charge in [-0.25, -0.2) is 0 Å². The Labute approximate surface area is 104 Å². The van der Waals surface area contributed by atoms with Crippen LogP contribution < -0.4 is 52.4 Å². The number of hydrogen-bond acceptors (Lipinski definition) is 0. The number of rotatable bonds is 0. The first-order valence-corrected chi connectivity index (χ1v) is 3.19. The van der Waals surface area contributed by atoms with Gasteiger partial charge in [0.2, 0.25) is 0 Å². The first kappa shape index (κ1) is 13.8. The Morgan fingerprint density at radius 3 is 1.90 bits per heavy atom. The van der Waals surface area contributed by atoms with E-state index in [1.165, 1.54) is 9.99 Å². The molecule has 0 aliphatic heterocycles. The van der Waals surface area contributed by atoms with Crippen LogP contribution in [0, 0.1) is 6.92 Å². The molecule has 0 aliphatic rings. The van der Waals surface area contributed by atoms with Crippen LogP contribution in [0.15, 0.2) is 24.3 Å². The van der Waals surface area contributed by atoms with E-state index in [0.29, 0.717) is 0 Å². The van der Waals surface area contributed by atoms with E-state index in [1.54, 1.807) is 0 Å². The third kappa shape index (κ3) is 4.17. The average Bonchev–Trinajstić information content (AvgIpc) is 1.77. The van der Waals surface area contributed by atoms with Gasteiger partial charge >= 0.3 is 57.5 Å². The number of aryl methyl sites for hydroxylation is 1. The Bertz CT molecular complexity index is 168. The van der Waals surface area contributed by atoms with E-state index < -0.39 is 0 Å². The van der Waals surface area contributed by atoms with E-state index in [9.17, 15) is 0 Å². The van der Waals surface area contributed by atoms with Gasteiger partial charge in [-0.3, -0.25) is 0 Å². The molecule has 0 amide bonds. The Morgan fingerprint density at radius 2 is 1.60 bits per heavy atom. The molecule has 0 aliphatic carbocycles. The van der Waals surface area contributed by atoms with Crippen molar-refractivity contribution in [2.24, 2.45) is 0 Å². The van der Waals surface area contributed by atoms with Crippen molar-refractivity contribution < 1.29 is 48.0 Å². The normalized spacial score (nSPS) is 7.50. The van der Waals surface area contributed by atoms with Crippen molar-refractivity contribution in [3.63, 3.8) is 0 Å². The van der Waals surface area contributed by atoms with Crippen LogP contribution >= 0.6 is 0 Å². The zero-order chi connectivity index (χ0) is 5.98. The summed E-state index contributed by atoms with van der Waals surface area (Å²) in [6.07, 6.45) is 0. The summed E-state index contributed by atoms with van der Waals surface area (Å²) in [5, 5.41) is 0. The van der Waals surface area contributed by atoms with Gasteiger partial charge in [-0.2, -0.15) is 0 Å². The van der Waals surface area contributed by atoms with E-state index in [4.69, 9.17) is 0 Å². The standard InChI is InChI=1S/C7H7.Al.2HI/c1-7-5-3-2-4-6-7;;;/h2-5H,1H3;;2*1H/q;+2;;/p-2. The predicted octanol–water partition coefficient (Wildman–Crippen LogP) is -5.20. The minimum Gasteiger partial charge on any atom is -1.00 e. The van der Waals surface area contributed by atoms with Crippen LogP contribution in [0.2, 0.25) is 0 Å². The van der Waals surface area contributed by atoms with E-state index >= 15 is 0 Å². The first-order chi connectivity index (χ1) is 3.80. The molecule has 0 atom stereocenters.